The van der Waals surface area contributed by atoms with Gasteiger partial charge in [0.15, 0.2) is 5.82 Å². The summed E-state index contributed by atoms with van der Waals surface area (Å²) in [6.45, 7) is 1.93. The van der Waals surface area contributed by atoms with Crippen molar-refractivity contribution in [1.29, 1.82) is 0 Å². The van der Waals surface area contributed by atoms with Crippen molar-refractivity contribution in [2.24, 2.45) is 7.05 Å². The van der Waals surface area contributed by atoms with Crippen molar-refractivity contribution in [1.82, 2.24) is 9.78 Å². The fraction of sp³-hybridized carbons (Fsp3) is 0.250. The summed E-state index contributed by atoms with van der Waals surface area (Å²) in [4.78, 5) is 0. The monoisotopic (exact) mass is 329 g/mol. The smallest absolute Gasteiger partial charge is 0.160 e. The molecule has 0 unspecified atom stereocenters. The Morgan fingerprint density at radius 1 is 1.44 bits per heavy atom. The number of rotatable bonds is 2. The van der Waals surface area contributed by atoms with Gasteiger partial charge in [0.25, 0.3) is 0 Å². The number of anilines is 1. The van der Waals surface area contributed by atoms with Crippen molar-refractivity contribution in [2.45, 2.75) is 6.92 Å². The van der Waals surface area contributed by atoms with E-state index in [1.807, 2.05) is 26.1 Å². The summed E-state index contributed by atoms with van der Waals surface area (Å²) in [6.07, 6.45) is 0. The molecule has 0 spiro atoms. The molecule has 2 N–H and O–H groups in total. The summed E-state index contributed by atoms with van der Waals surface area (Å²) in [7, 11) is 3.45. The van der Waals surface area contributed by atoms with Gasteiger partial charge in [0.05, 0.1) is 17.3 Å². The number of ether oxygens (including phenoxy) is 1. The first-order valence-electron chi connectivity index (χ1n) is 5.28. The van der Waals surface area contributed by atoms with Crippen molar-refractivity contribution in [3.63, 3.8) is 0 Å². The highest BCUT2D eigenvalue weighted by Gasteiger charge is 2.18. The van der Waals surface area contributed by atoms with Gasteiger partial charge in [0.1, 0.15) is 5.75 Å². The predicted molar refractivity (Wildman–Crippen MR) is 77.1 cm³/mol. The Morgan fingerprint density at radius 3 is 2.61 bits per heavy atom. The van der Waals surface area contributed by atoms with Crippen molar-refractivity contribution in [3.05, 3.63) is 27.2 Å². The Bertz CT molecular complexity index is 610. The van der Waals surface area contributed by atoms with Crippen LogP contribution in [0.15, 0.2) is 16.6 Å². The lowest BCUT2D eigenvalue weighted by Crippen LogP contribution is -1.97. The molecule has 1 aromatic heterocycles. The largest absolute Gasteiger partial charge is 0.496 e. The lowest BCUT2D eigenvalue weighted by Gasteiger charge is -2.11. The van der Waals surface area contributed by atoms with Crippen LogP contribution >= 0.6 is 27.5 Å². The third-order valence-electron chi connectivity index (χ3n) is 2.75. The summed E-state index contributed by atoms with van der Waals surface area (Å²) >= 11 is 9.61. The van der Waals surface area contributed by atoms with Crippen LogP contribution in [-0.4, -0.2) is 16.9 Å². The molecule has 2 aromatic rings. The summed E-state index contributed by atoms with van der Waals surface area (Å²) in [5.41, 5.74) is 8.44. The molecule has 6 heteroatoms. The zero-order valence-electron chi connectivity index (χ0n) is 10.3. The minimum absolute atomic E-state index is 0.436. The first-order valence-corrected chi connectivity index (χ1v) is 6.45. The molecule has 0 aliphatic rings. The first kappa shape index (κ1) is 13.2. The van der Waals surface area contributed by atoms with Crippen LogP contribution in [-0.2, 0) is 7.05 Å². The lowest BCUT2D eigenvalue weighted by molar-refractivity contribution is 0.415. The van der Waals surface area contributed by atoms with Gasteiger partial charge >= 0.3 is 0 Å². The van der Waals surface area contributed by atoms with Gasteiger partial charge in [-0.05, 0) is 40.5 Å². The van der Waals surface area contributed by atoms with E-state index in [0.29, 0.717) is 10.8 Å². The molecule has 4 nitrogen and oxygen atoms in total. The second kappa shape index (κ2) is 4.82. The molecule has 0 saturated heterocycles. The lowest BCUT2D eigenvalue weighted by atomic mass is 10.1. The van der Waals surface area contributed by atoms with E-state index in [4.69, 9.17) is 22.1 Å². The molecule has 0 radical (unpaired) electrons. The van der Waals surface area contributed by atoms with Gasteiger partial charge in [0, 0.05) is 17.6 Å². The molecule has 0 aliphatic heterocycles. The number of nitrogens with two attached hydrogens (primary N) is 1. The van der Waals surface area contributed by atoms with Crippen molar-refractivity contribution >= 4 is 33.3 Å². The maximum atomic E-state index is 6.17. The Balaban J connectivity index is 2.74. The van der Waals surface area contributed by atoms with Crippen molar-refractivity contribution < 1.29 is 4.74 Å². The van der Waals surface area contributed by atoms with E-state index in [1.54, 1.807) is 11.8 Å². The number of hydrogen-bond donors (Lipinski definition) is 1. The van der Waals surface area contributed by atoms with Crippen LogP contribution in [0.1, 0.15) is 5.56 Å². The predicted octanol–water partition coefficient (Wildman–Crippen LogP) is 3.40. The van der Waals surface area contributed by atoms with Crippen LogP contribution < -0.4 is 10.5 Å². The second-order valence-corrected chi connectivity index (χ2v) is 5.17. The molecule has 0 atom stereocenters. The Labute approximate surface area is 119 Å². The molecule has 0 aliphatic carbocycles. The van der Waals surface area contributed by atoms with E-state index in [1.165, 1.54) is 0 Å². The van der Waals surface area contributed by atoms with Crippen LogP contribution in [0.4, 0.5) is 5.82 Å². The van der Waals surface area contributed by atoms with Crippen LogP contribution in [0, 0.1) is 6.92 Å². The van der Waals surface area contributed by atoms with E-state index in [0.717, 1.165) is 27.0 Å². The molecule has 0 bridgehead atoms. The number of hydrogen-bond acceptors (Lipinski definition) is 3. The maximum absolute atomic E-state index is 6.17. The molecule has 18 heavy (non-hydrogen) atoms. The van der Waals surface area contributed by atoms with Gasteiger partial charge in [-0.3, -0.25) is 4.68 Å². The Morgan fingerprint density at radius 2 is 2.11 bits per heavy atom. The standard InChI is InChI=1S/C12H13BrClN3O/c1-6-4-9(18-3)7(5-8(6)14)11-10(13)12(15)16-17(11)2/h4-5H,1-3H3,(H2,15,16). The number of nitrogens with zero attached hydrogens (tertiary/aromatic N) is 2. The zero-order valence-corrected chi connectivity index (χ0v) is 12.6. The number of methoxy groups -OCH3 is 1. The second-order valence-electron chi connectivity index (χ2n) is 3.97. The topological polar surface area (TPSA) is 53.1 Å². The minimum atomic E-state index is 0.436. The van der Waals surface area contributed by atoms with E-state index >= 15 is 0 Å². The van der Waals surface area contributed by atoms with Gasteiger partial charge in [-0.15, -0.1) is 0 Å². The van der Waals surface area contributed by atoms with Crippen LogP contribution in [0.25, 0.3) is 11.3 Å². The van der Waals surface area contributed by atoms with E-state index in [2.05, 4.69) is 21.0 Å². The average molecular weight is 331 g/mol. The van der Waals surface area contributed by atoms with E-state index in [-0.39, 0.29) is 0 Å². The van der Waals surface area contributed by atoms with Gasteiger partial charge in [0.2, 0.25) is 0 Å². The Hall–Kier alpha value is -1.20. The van der Waals surface area contributed by atoms with Crippen molar-refractivity contribution in [3.8, 4) is 17.0 Å². The van der Waals surface area contributed by atoms with Crippen molar-refractivity contribution in [2.75, 3.05) is 12.8 Å². The normalized spacial score (nSPS) is 10.7. The molecule has 0 saturated carbocycles. The molecular formula is C12H13BrClN3O. The van der Waals surface area contributed by atoms with Gasteiger partial charge in [-0.1, -0.05) is 11.6 Å². The summed E-state index contributed by atoms with van der Waals surface area (Å²) in [5.74, 6) is 1.17. The molecule has 1 aromatic carbocycles. The highest BCUT2D eigenvalue weighted by atomic mass is 79.9. The molecule has 1 heterocycles. The summed E-state index contributed by atoms with van der Waals surface area (Å²) < 4.78 is 7.83. The van der Waals surface area contributed by atoms with Gasteiger partial charge in [-0.2, -0.15) is 5.10 Å². The third-order valence-corrected chi connectivity index (χ3v) is 3.94. The van der Waals surface area contributed by atoms with Crippen LogP contribution in [0.2, 0.25) is 5.02 Å². The Kier molecular flexibility index (Phi) is 3.54. The highest BCUT2D eigenvalue weighted by molar-refractivity contribution is 9.10. The molecular weight excluding hydrogens is 318 g/mol. The summed E-state index contributed by atoms with van der Waals surface area (Å²) in [6, 6.07) is 3.75. The number of benzene rings is 1. The third kappa shape index (κ3) is 2.08. The zero-order chi connectivity index (χ0) is 13.4. The summed E-state index contributed by atoms with van der Waals surface area (Å²) in [5, 5.41) is 4.84. The average Bonchev–Trinajstić information content (AvgIpc) is 2.57. The number of aromatic nitrogens is 2. The molecule has 0 fully saturated rings. The molecule has 0 amide bonds. The van der Waals surface area contributed by atoms with Crippen LogP contribution in [0.3, 0.4) is 0 Å². The number of nitrogen functional groups attached to an aromatic ring is 1. The van der Waals surface area contributed by atoms with E-state index < -0.39 is 0 Å². The highest BCUT2D eigenvalue weighted by Crippen LogP contribution is 2.39. The fourth-order valence-corrected chi connectivity index (χ4v) is 2.53. The van der Waals surface area contributed by atoms with Gasteiger partial charge < -0.3 is 10.5 Å². The first-order chi connectivity index (χ1) is 8.45. The molecule has 96 valence electrons. The SMILES string of the molecule is COc1cc(C)c(Cl)cc1-c1c(Br)c(N)nn1C. The fourth-order valence-electron chi connectivity index (χ4n) is 1.82. The van der Waals surface area contributed by atoms with Crippen LogP contribution in [0.5, 0.6) is 5.75 Å². The minimum Gasteiger partial charge on any atom is -0.496 e. The van der Waals surface area contributed by atoms with E-state index in [9.17, 15) is 0 Å². The number of aryl methyl sites for hydroxylation is 2. The number of halogens is 2. The molecule has 2 rings (SSSR count). The van der Waals surface area contributed by atoms with Gasteiger partial charge in [-0.25, -0.2) is 0 Å². The maximum Gasteiger partial charge on any atom is 0.160 e. The quantitative estimate of drug-likeness (QED) is 0.918.